The molecule has 0 aliphatic rings. The van der Waals surface area contributed by atoms with Crippen LogP contribution in [0, 0.1) is 6.92 Å². The van der Waals surface area contributed by atoms with Crippen molar-refractivity contribution >= 4 is 36.2 Å². The summed E-state index contributed by atoms with van der Waals surface area (Å²) in [6.07, 6.45) is 0. The molecule has 0 saturated carbocycles. The molecule has 104 valence electrons. The van der Waals surface area contributed by atoms with Crippen molar-refractivity contribution in [1.82, 2.24) is 0 Å². The highest BCUT2D eigenvalue weighted by Gasteiger charge is 2.05. The van der Waals surface area contributed by atoms with E-state index in [0.717, 1.165) is 5.56 Å². The van der Waals surface area contributed by atoms with Crippen molar-refractivity contribution in [2.24, 2.45) is 0 Å². The number of nitrogens with two attached hydrogens (primary N) is 2. The molecule has 0 unspecified atom stereocenters. The third-order valence-electron chi connectivity index (χ3n) is 2.44. The molecule has 0 spiro atoms. The molecule has 0 radical (unpaired) electrons. The lowest BCUT2D eigenvalue weighted by Gasteiger charge is -2.11. The van der Waals surface area contributed by atoms with Crippen molar-refractivity contribution in [1.29, 1.82) is 0 Å². The maximum atomic E-state index is 9.32. The maximum Gasteiger partial charge on any atom is 0.152 e. The third kappa shape index (κ3) is 4.12. The fraction of sp³-hybridized carbons (Fsp3) is 0.0769. The van der Waals surface area contributed by atoms with Gasteiger partial charge in [0, 0.05) is 17.8 Å². The zero-order valence-electron chi connectivity index (χ0n) is 10.3. The minimum Gasteiger partial charge on any atom is -0.508 e. The smallest absolute Gasteiger partial charge is 0.152 e. The van der Waals surface area contributed by atoms with Gasteiger partial charge in [0.25, 0.3) is 0 Å². The third-order valence-corrected chi connectivity index (χ3v) is 2.44. The van der Waals surface area contributed by atoms with E-state index in [2.05, 4.69) is 0 Å². The van der Waals surface area contributed by atoms with Crippen LogP contribution in [-0.2, 0) is 0 Å². The maximum absolute atomic E-state index is 9.32. The first-order valence-electron chi connectivity index (χ1n) is 5.19. The second kappa shape index (κ2) is 6.97. The van der Waals surface area contributed by atoms with Crippen LogP contribution in [0.1, 0.15) is 5.56 Å². The number of halogens is 2. The number of rotatable bonds is 2. The number of benzene rings is 2. The topological polar surface area (TPSA) is 81.5 Å². The average molecular weight is 303 g/mol. The monoisotopic (exact) mass is 302 g/mol. The van der Waals surface area contributed by atoms with Crippen LogP contribution >= 0.6 is 24.8 Å². The molecule has 0 atom stereocenters. The van der Waals surface area contributed by atoms with Crippen molar-refractivity contribution < 1.29 is 9.84 Å². The van der Waals surface area contributed by atoms with Crippen LogP contribution in [0.15, 0.2) is 36.4 Å². The first kappa shape index (κ1) is 17.2. The quantitative estimate of drug-likeness (QED) is 0.742. The molecule has 0 aromatic heterocycles. The fourth-order valence-electron chi connectivity index (χ4n) is 1.49. The van der Waals surface area contributed by atoms with E-state index >= 15 is 0 Å². The van der Waals surface area contributed by atoms with E-state index in [1.807, 2.05) is 6.92 Å². The molecule has 6 heteroatoms. The lowest BCUT2D eigenvalue weighted by atomic mass is 10.1. The predicted molar refractivity (Wildman–Crippen MR) is 82.7 cm³/mol. The van der Waals surface area contributed by atoms with Crippen LogP contribution in [0.25, 0.3) is 0 Å². The number of hydrogen-bond donors (Lipinski definition) is 3. The number of phenols is 1. The highest BCUT2D eigenvalue weighted by atomic mass is 35.5. The molecule has 0 heterocycles. The second-order valence-corrected chi connectivity index (χ2v) is 3.85. The van der Waals surface area contributed by atoms with Gasteiger partial charge in [0.05, 0.1) is 5.69 Å². The SMILES string of the molecule is Cc1cc(N)c(Oc2cccc(O)c2)cc1N.Cl.Cl. The van der Waals surface area contributed by atoms with Crippen molar-refractivity contribution in [2.75, 3.05) is 11.5 Å². The summed E-state index contributed by atoms with van der Waals surface area (Å²) in [5.74, 6) is 1.14. The molecular formula is C13H16Cl2N2O2. The van der Waals surface area contributed by atoms with Crippen molar-refractivity contribution in [3.8, 4) is 17.2 Å². The molecule has 0 aliphatic heterocycles. The Morgan fingerprint density at radius 3 is 2.32 bits per heavy atom. The van der Waals surface area contributed by atoms with Crippen molar-refractivity contribution in [2.45, 2.75) is 6.92 Å². The lowest BCUT2D eigenvalue weighted by Crippen LogP contribution is -1.96. The minimum atomic E-state index is 0. The fourth-order valence-corrected chi connectivity index (χ4v) is 1.49. The van der Waals surface area contributed by atoms with Crippen LogP contribution in [0.2, 0.25) is 0 Å². The van der Waals surface area contributed by atoms with E-state index in [1.165, 1.54) is 6.07 Å². The van der Waals surface area contributed by atoms with Crippen molar-refractivity contribution in [3.05, 3.63) is 42.0 Å². The van der Waals surface area contributed by atoms with Gasteiger partial charge in [-0.15, -0.1) is 24.8 Å². The Morgan fingerprint density at radius 2 is 1.68 bits per heavy atom. The lowest BCUT2D eigenvalue weighted by molar-refractivity contribution is 0.456. The van der Waals surface area contributed by atoms with Crippen LogP contribution in [0.5, 0.6) is 17.2 Å². The van der Waals surface area contributed by atoms with Crippen LogP contribution in [-0.4, -0.2) is 5.11 Å². The highest BCUT2D eigenvalue weighted by molar-refractivity contribution is 5.85. The molecule has 0 amide bonds. The summed E-state index contributed by atoms with van der Waals surface area (Å²) in [7, 11) is 0. The highest BCUT2D eigenvalue weighted by Crippen LogP contribution is 2.32. The molecule has 4 nitrogen and oxygen atoms in total. The average Bonchev–Trinajstić information content (AvgIpc) is 2.26. The van der Waals surface area contributed by atoms with Gasteiger partial charge in [0.1, 0.15) is 11.5 Å². The number of aryl methyl sites for hydroxylation is 1. The number of aromatic hydroxyl groups is 1. The summed E-state index contributed by atoms with van der Waals surface area (Å²) in [5.41, 5.74) is 13.7. The Morgan fingerprint density at radius 1 is 1.00 bits per heavy atom. The van der Waals surface area contributed by atoms with E-state index in [1.54, 1.807) is 30.3 Å². The van der Waals surface area contributed by atoms with E-state index in [-0.39, 0.29) is 30.6 Å². The van der Waals surface area contributed by atoms with Gasteiger partial charge in [-0.25, -0.2) is 0 Å². The Labute approximate surface area is 124 Å². The molecule has 2 rings (SSSR count). The van der Waals surface area contributed by atoms with Gasteiger partial charge in [-0.2, -0.15) is 0 Å². The van der Waals surface area contributed by atoms with Gasteiger partial charge < -0.3 is 21.3 Å². The zero-order chi connectivity index (χ0) is 12.4. The normalized spacial score (nSPS) is 9.11. The summed E-state index contributed by atoms with van der Waals surface area (Å²) in [5, 5.41) is 9.32. The Hall–Kier alpha value is -1.78. The largest absolute Gasteiger partial charge is 0.508 e. The summed E-state index contributed by atoms with van der Waals surface area (Å²) < 4.78 is 5.56. The van der Waals surface area contributed by atoms with Gasteiger partial charge in [-0.1, -0.05) is 6.07 Å². The molecule has 0 fully saturated rings. The summed E-state index contributed by atoms with van der Waals surface area (Å²) in [6, 6.07) is 9.94. The molecule has 0 saturated heterocycles. The number of phenolic OH excluding ortho intramolecular Hbond substituents is 1. The van der Waals surface area contributed by atoms with Gasteiger partial charge in [-0.05, 0) is 30.7 Å². The number of ether oxygens (including phenoxy) is 1. The summed E-state index contributed by atoms with van der Waals surface area (Å²) >= 11 is 0. The molecule has 2 aromatic rings. The molecule has 0 aliphatic carbocycles. The first-order chi connectivity index (χ1) is 8.06. The van der Waals surface area contributed by atoms with Gasteiger partial charge in [0.15, 0.2) is 5.75 Å². The van der Waals surface area contributed by atoms with E-state index in [4.69, 9.17) is 16.2 Å². The molecule has 19 heavy (non-hydrogen) atoms. The van der Waals surface area contributed by atoms with Crippen molar-refractivity contribution in [3.63, 3.8) is 0 Å². The molecule has 2 aromatic carbocycles. The Kier molecular flexibility index (Phi) is 6.32. The van der Waals surface area contributed by atoms with E-state index in [0.29, 0.717) is 22.9 Å². The number of nitrogen functional groups attached to an aromatic ring is 2. The van der Waals surface area contributed by atoms with E-state index < -0.39 is 0 Å². The number of anilines is 2. The second-order valence-electron chi connectivity index (χ2n) is 3.85. The Balaban J connectivity index is 0.00000162. The van der Waals surface area contributed by atoms with Crippen LogP contribution in [0.4, 0.5) is 11.4 Å². The Bertz CT molecular complexity index is 562. The van der Waals surface area contributed by atoms with Crippen LogP contribution < -0.4 is 16.2 Å². The standard InChI is InChI=1S/C13H14N2O2.2ClH/c1-8-5-12(15)13(7-11(8)14)17-10-4-2-3-9(16)6-10;;/h2-7,16H,14-15H2,1H3;2*1H. The van der Waals surface area contributed by atoms with Gasteiger partial charge in [0.2, 0.25) is 0 Å². The molecular weight excluding hydrogens is 287 g/mol. The predicted octanol–water partition coefficient (Wildman–Crippen LogP) is 3.50. The minimum absolute atomic E-state index is 0. The number of hydrogen-bond acceptors (Lipinski definition) is 4. The first-order valence-corrected chi connectivity index (χ1v) is 5.19. The van der Waals surface area contributed by atoms with Gasteiger partial charge in [-0.3, -0.25) is 0 Å². The zero-order valence-corrected chi connectivity index (χ0v) is 11.9. The summed E-state index contributed by atoms with van der Waals surface area (Å²) in [6.45, 7) is 1.88. The van der Waals surface area contributed by atoms with Gasteiger partial charge >= 0.3 is 0 Å². The van der Waals surface area contributed by atoms with E-state index in [9.17, 15) is 5.11 Å². The summed E-state index contributed by atoms with van der Waals surface area (Å²) in [4.78, 5) is 0. The molecule has 5 N–H and O–H groups in total. The van der Waals surface area contributed by atoms with Crippen LogP contribution in [0.3, 0.4) is 0 Å². The molecule has 0 bridgehead atoms.